The van der Waals surface area contributed by atoms with Crippen molar-refractivity contribution < 1.29 is 19.0 Å². The molecule has 4 rings (SSSR count). The molecule has 0 amide bonds. The SMILES string of the molecule is COc1cc2c(=O)n(-c3cccc(C)c3)c(SCC(=O)c3ccc(C)cc3)nc2c(OC)c1OC. The average molecular weight is 491 g/mol. The van der Waals surface area contributed by atoms with Crippen LogP contribution in [-0.2, 0) is 0 Å². The Labute approximate surface area is 207 Å². The standard InChI is InChI=1S/C27H26N2O5S/c1-16-9-11-18(12-10-16)21(30)15-35-27-28-23-20(14-22(32-3)24(33-4)25(23)34-5)26(31)29(27)19-8-6-7-17(2)13-19/h6-14H,15H2,1-5H3. The molecule has 0 aliphatic rings. The van der Waals surface area contributed by atoms with Gasteiger partial charge < -0.3 is 14.2 Å². The molecule has 1 aromatic heterocycles. The molecule has 0 saturated carbocycles. The zero-order valence-electron chi connectivity index (χ0n) is 20.2. The minimum absolute atomic E-state index is 0.0561. The third-order valence-corrected chi connectivity index (χ3v) is 6.54. The van der Waals surface area contributed by atoms with Crippen LogP contribution in [0.4, 0.5) is 0 Å². The molecular formula is C27H26N2O5S. The van der Waals surface area contributed by atoms with Crippen molar-refractivity contribution in [1.29, 1.82) is 0 Å². The fraction of sp³-hybridized carbons (Fsp3) is 0.222. The molecule has 0 atom stereocenters. The van der Waals surface area contributed by atoms with Gasteiger partial charge in [-0.3, -0.25) is 14.2 Å². The van der Waals surface area contributed by atoms with E-state index >= 15 is 0 Å². The van der Waals surface area contributed by atoms with Crippen molar-refractivity contribution in [3.05, 3.63) is 81.6 Å². The number of carbonyl (C=O) groups is 1. The number of aryl methyl sites for hydroxylation is 2. The van der Waals surface area contributed by atoms with Crippen molar-refractivity contribution in [3.8, 4) is 22.9 Å². The summed E-state index contributed by atoms with van der Waals surface area (Å²) >= 11 is 1.20. The van der Waals surface area contributed by atoms with E-state index in [4.69, 9.17) is 19.2 Å². The largest absolute Gasteiger partial charge is 0.493 e. The summed E-state index contributed by atoms with van der Waals surface area (Å²) in [5, 5.41) is 0.689. The van der Waals surface area contributed by atoms with Gasteiger partial charge in [-0.25, -0.2) is 4.98 Å². The number of hydrogen-bond donors (Lipinski definition) is 0. The first-order valence-electron chi connectivity index (χ1n) is 10.9. The molecule has 0 radical (unpaired) electrons. The number of rotatable bonds is 8. The van der Waals surface area contributed by atoms with Crippen molar-refractivity contribution >= 4 is 28.4 Å². The second-order valence-corrected chi connectivity index (χ2v) is 8.94. The zero-order chi connectivity index (χ0) is 25.1. The van der Waals surface area contributed by atoms with E-state index in [0.717, 1.165) is 11.1 Å². The predicted molar refractivity (Wildman–Crippen MR) is 138 cm³/mol. The molecule has 0 aliphatic carbocycles. The van der Waals surface area contributed by atoms with E-state index < -0.39 is 0 Å². The van der Waals surface area contributed by atoms with Crippen LogP contribution in [0.5, 0.6) is 17.2 Å². The second kappa shape index (κ2) is 10.2. The summed E-state index contributed by atoms with van der Waals surface area (Å²) in [5.74, 6) is 1.06. The number of hydrogen-bond acceptors (Lipinski definition) is 7. The van der Waals surface area contributed by atoms with E-state index in [9.17, 15) is 9.59 Å². The Morgan fingerprint density at radius 3 is 2.26 bits per heavy atom. The topological polar surface area (TPSA) is 79.7 Å². The number of ether oxygens (including phenoxy) is 3. The lowest BCUT2D eigenvalue weighted by Crippen LogP contribution is -2.23. The minimum atomic E-state index is -0.301. The molecule has 7 nitrogen and oxygen atoms in total. The number of thioether (sulfide) groups is 1. The van der Waals surface area contributed by atoms with Crippen molar-refractivity contribution in [2.75, 3.05) is 27.1 Å². The fourth-order valence-corrected chi connectivity index (χ4v) is 4.71. The highest BCUT2D eigenvalue weighted by Crippen LogP contribution is 2.42. The van der Waals surface area contributed by atoms with E-state index in [2.05, 4.69) is 0 Å². The summed E-state index contributed by atoms with van der Waals surface area (Å²) in [4.78, 5) is 31.5. The van der Waals surface area contributed by atoms with Crippen molar-refractivity contribution in [2.45, 2.75) is 19.0 Å². The molecule has 0 bridgehead atoms. The summed E-state index contributed by atoms with van der Waals surface area (Å²) in [6.45, 7) is 3.92. The normalized spacial score (nSPS) is 10.9. The van der Waals surface area contributed by atoms with Gasteiger partial charge in [-0.15, -0.1) is 0 Å². The average Bonchev–Trinajstić information content (AvgIpc) is 2.86. The number of nitrogens with zero attached hydrogens (tertiary/aromatic N) is 2. The van der Waals surface area contributed by atoms with Gasteiger partial charge in [-0.1, -0.05) is 53.7 Å². The van der Waals surface area contributed by atoms with Gasteiger partial charge in [-0.2, -0.15) is 0 Å². The second-order valence-electron chi connectivity index (χ2n) is 7.99. The maximum absolute atomic E-state index is 13.8. The first-order chi connectivity index (χ1) is 16.9. The zero-order valence-corrected chi connectivity index (χ0v) is 21.1. The molecule has 0 saturated heterocycles. The molecule has 180 valence electrons. The number of methoxy groups -OCH3 is 3. The molecular weight excluding hydrogens is 464 g/mol. The van der Waals surface area contributed by atoms with E-state index in [1.165, 1.54) is 37.7 Å². The van der Waals surface area contributed by atoms with E-state index in [1.807, 2.05) is 50.2 Å². The molecule has 35 heavy (non-hydrogen) atoms. The van der Waals surface area contributed by atoms with Gasteiger partial charge >= 0.3 is 0 Å². The van der Waals surface area contributed by atoms with Crippen LogP contribution >= 0.6 is 11.8 Å². The highest BCUT2D eigenvalue weighted by atomic mass is 32.2. The summed E-state index contributed by atoms with van der Waals surface area (Å²) in [7, 11) is 4.48. The Hall–Kier alpha value is -3.78. The molecule has 0 N–H and O–H groups in total. The Balaban J connectivity index is 1.91. The first-order valence-corrected chi connectivity index (χ1v) is 11.9. The van der Waals surface area contributed by atoms with E-state index in [1.54, 1.807) is 18.2 Å². The number of aromatic nitrogens is 2. The molecule has 3 aromatic carbocycles. The summed E-state index contributed by atoms with van der Waals surface area (Å²) in [5.41, 5.74) is 3.37. The third-order valence-electron chi connectivity index (χ3n) is 5.60. The Kier molecular flexibility index (Phi) is 7.12. The highest BCUT2D eigenvalue weighted by Gasteiger charge is 2.23. The van der Waals surface area contributed by atoms with Crippen LogP contribution in [0.1, 0.15) is 21.5 Å². The number of benzene rings is 3. The van der Waals surface area contributed by atoms with Crippen LogP contribution in [0.25, 0.3) is 16.6 Å². The van der Waals surface area contributed by atoms with Gasteiger partial charge in [-0.05, 0) is 37.6 Å². The van der Waals surface area contributed by atoms with Gasteiger partial charge in [0.2, 0.25) is 5.75 Å². The highest BCUT2D eigenvalue weighted by molar-refractivity contribution is 7.99. The van der Waals surface area contributed by atoms with Crippen molar-refractivity contribution in [3.63, 3.8) is 0 Å². The monoisotopic (exact) mass is 490 g/mol. The van der Waals surface area contributed by atoms with Gasteiger partial charge in [0.1, 0.15) is 5.52 Å². The quantitative estimate of drug-likeness (QED) is 0.195. The minimum Gasteiger partial charge on any atom is -0.493 e. The number of ketones is 1. The predicted octanol–water partition coefficient (Wildman–Crippen LogP) is 5.00. The summed E-state index contributed by atoms with van der Waals surface area (Å²) in [6.07, 6.45) is 0. The Morgan fingerprint density at radius 1 is 0.914 bits per heavy atom. The smallest absolute Gasteiger partial charge is 0.266 e. The molecule has 4 aromatic rings. The molecule has 0 spiro atoms. The number of Topliss-reactive ketones (excluding diaryl/α,β-unsaturated/α-hetero) is 1. The Morgan fingerprint density at radius 2 is 1.63 bits per heavy atom. The lowest BCUT2D eigenvalue weighted by Gasteiger charge is -2.17. The van der Waals surface area contributed by atoms with Crippen LogP contribution in [-0.4, -0.2) is 42.4 Å². The van der Waals surface area contributed by atoms with Gasteiger partial charge in [0.05, 0.1) is 38.2 Å². The molecule has 8 heteroatoms. The third kappa shape index (κ3) is 4.74. The van der Waals surface area contributed by atoms with Crippen LogP contribution in [0.2, 0.25) is 0 Å². The molecule has 0 fully saturated rings. The van der Waals surface area contributed by atoms with Gasteiger partial charge in [0.25, 0.3) is 5.56 Å². The van der Waals surface area contributed by atoms with Crippen LogP contribution in [0.3, 0.4) is 0 Å². The van der Waals surface area contributed by atoms with E-state index in [0.29, 0.717) is 44.6 Å². The lowest BCUT2D eigenvalue weighted by molar-refractivity contribution is 0.102. The number of fused-ring (bicyclic) bond motifs is 1. The maximum Gasteiger partial charge on any atom is 0.266 e. The van der Waals surface area contributed by atoms with Gasteiger partial charge in [0.15, 0.2) is 22.4 Å². The summed E-state index contributed by atoms with van der Waals surface area (Å²) in [6, 6.07) is 16.6. The first kappa shape index (κ1) is 24.3. The summed E-state index contributed by atoms with van der Waals surface area (Å²) < 4.78 is 18.0. The van der Waals surface area contributed by atoms with Gasteiger partial charge in [0, 0.05) is 5.56 Å². The maximum atomic E-state index is 13.8. The van der Waals surface area contributed by atoms with Crippen molar-refractivity contribution in [1.82, 2.24) is 9.55 Å². The molecule has 0 unspecified atom stereocenters. The lowest BCUT2D eigenvalue weighted by atomic mass is 10.1. The fourth-order valence-electron chi connectivity index (χ4n) is 3.81. The van der Waals surface area contributed by atoms with Crippen LogP contribution in [0, 0.1) is 13.8 Å². The Bertz CT molecular complexity index is 1460. The van der Waals surface area contributed by atoms with Crippen molar-refractivity contribution in [2.24, 2.45) is 0 Å². The molecule has 1 heterocycles. The van der Waals surface area contributed by atoms with Crippen LogP contribution in [0.15, 0.2) is 64.5 Å². The molecule has 0 aliphatic heterocycles. The van der Waals surface area contributed by atoms with E-state index in [-0.39, 0.29) is 17.1 Å². The number of carbonyl (C=O) groups excluding carboxylic acids is 1. The van der Waals surface area contributed by atoms with Crippen LogP contribution < -0.4 is 19.8 Å².